The molecule has 194 valence electrons. The van der Waals surface area contributed by atoms with Gasteiger partial charge in [0.2, 0.25) is 0 Å². The summed E-state index contributed by atoms with van der Waals surface area (Å²) in [5, 5.41) is 0. The molecule has 0 rings (SSSR count). The Bertz CT molecular complexity index is 636. The summed E-state index contributed by atoms with van der Waals surface area (Å²) in [7, 11) is -11.5. The summed E-state index contributed by atoms with van der Waals surface area (Å²) in [5.74, 6) is 0. The van der Waals surface area contributed by atoms with Crippen molar-refractivity contribution in [1.29, 1.82) is 0 Å². The van der Waals surface area contributed by atoms with Crippen molar-refractivity contribution in [2.75, 3.05) is 0 Å². The van der Waals surface area contributed by atoms with Crippen LogP contribution in [0.25, 0.3) is 0 Å². The first-order valence-electron chi connectivity index (χ1n) is 12.6. The topological polar surface area (TPSA) is 0 Å². The molecular weight excluding hydrogens is 592 g/mol. The zero-order chi connectivity index (χ0) is 27.0. The Labute approximate surface area is 222 Å². The van der Waals surface area contributed by atoms with Gasteiger partial charge in [0, 0.05) is 42.7 Å². The van der Waals surface area contributed by atoms with Crippen LogP contribution in [-0.2, 0) is 0 Å². The van der Waals surface area contributed by atoms with Gasteiger partial charge in [0.1, 0.15) is 13.8 Å². The molecule has 0 aliphatic rings. The average Bonchev–Trinajstić information content (AvgIpc) is 2.51. The molecule has 0 aliphatic heterocycles. The van der Waals surface area contributed by atoms with E-state index in [0.29, 0.717) is 0 Å². The van der Waals surface area contributed by atoms with Crippen LogP contribution in [0.2, 0.25) is 131 Å². The van der Waals surface area contributed by atoms with Crippen molar-refractivity contribution in [2.24, 2.45) is 0 Å². The van der Waals surface area contributed by atoms with Crippen molar-refractivity contribution in [3.8, 4) is 0 Å². The summed E-state index contributed by atoms with van der Waals surface area (Å²) in [6.45, 7) is 51.9. The smallest absolute Gasteiger partial charge is 0.138 e. The van der Waals surface area contributed by atoms with Gasteiger partial charge in [-0.25, -0.2) is 0 Å². The highest BCUT2D eigenvalue weighted by atomic mass is 35.6. The average molecular weight is 652 g/mol. The Hall–Kier alpha value is 2.75. The van der Waals surface area contributed by atoms with Gasteiger partial charge in [-0.2, -0.15) is 22.2 Å². The predicted molar refractivity (Wildman–Crippen MR) is 187 cm³/mol. The summed E-state index contributed by atoms with van der Waals surface area (Å²) in [6, 6.07) is 0. The van der Waals surface area contributed by atoms with Gasteiger partial charge < -0.3 is 0 Å². The van der Waals surface area contributed by atoms with Gasteiger partial charge in [-0.05, 0) is 0 Å². The lowest BCUT2D eigenvalue weighted by Gasteiger charge is -2.67. The fourth-order valence-electron chi connectivity index (χ4n) is 6.17. The standard InChI is InChI=1S/C20H60Cl2Si10/c1-23(2,21)25(5,6)27(9,10)29(13,14)31(17,18)32(19,20)30(15,16)28(11,12)26(7,8)24(3,4)22/h1-20H3. The summed E-state index contributed by atoms with van der Waals surface area (Å²) in [4.78, 5) is 0. The Morgan fingerprint density at radius 2 is 0.312 bits per heavy atom. The molecular formula is C20H60Cl2Si10. The van der Waals surface area contributed by atoms with E-state index in [9.17, 15) is 0 Å². The van der Waals surface area contributed by atoms with Gasteiger partial charge >= 0.3 is 0 Å². The highest BCUT2D eigenvalue weighted by Crippen LogP contribution is 2.48. The summed E-state index contributed by atoms with van der Waals surface area (Å²) in [5.41, 5.74) is 0. The Balaban J connectivity index is 7.00. The zero-order valence-electron chi connectivity index (χ0n) is 25.8. The number of hydrogen-bond donors (Lipinski definition) is 0. The maximum Gasteiger partial charge on any atom is 0.138 e. The molecule has 0 aliphatic carbocycles. The first kappa shape index (κ1) is 34.7. The van der Waals surface area contributed by atoms with Crippen LogP contribution in [-0.4, -0.2) is 70.7 Å². The van der Waals surface area contributed by atoms with E-state index in [1.807, 2.05) is 0 Å². The molecule has 0 unspecified atom stereocenters. The van der Waals surface area contributed by atoms with Crippen LogP contribution in [0, 0.1) is 0 Å². The minimum atomic E-state index is -1.65. The molecule has 0 aromatic carbocycles. The van der Waals surface area contributed by atoms with Crippen LogP contribution in [0.1, 0.15) is 0 Å². The zero-order valence-corrected chi connectivity index (χ0v) is 37.3. The Morgan fingerprint density at radius 1 is 0.219 bits per heavy atom. The quantitative estimate of drug-likeness (QED) is 0.172. The molecule has 0 bridgehead atoms. The van der Waals surface area contributed by atoms with Crippen LogP contribution in [0.3, 0.4) is 0 Å². The molecule has 0 aromatic heterocycles. The molecule has 0 radical (unpaired) electrons. The van der Waals surface area contributed by atoms with Crippen LogP contribution in [0.15, 0.2) is 0 Å². The lowest BCUT2D eigenvalue weighted by Crippen LogP contribution is -2.94. The second-order valence-electron chi connectivity index (χ2n) is 15.9. The normalized spacial score (nSPS) is 17.1. The number of hydrogen-bond acceptors (Lipinski definition) is 0. The molecule has 0 nitrogen and oxygen atoms in total. The lowest BCUT2D eigenvalue weighted by molar-refractivity contribution is 1.74. The van der Waals surface area contributed by atoms with E-state index in [0.717, 1.165) is 0 Å². The van der Waals surface area contributed by atoms with Gasteiger partial charge in [-0.3, -0.25) is 0 Å². The molecule has 0 saturated heterocycles. The van der Waals surface area contributed by atoms with Gasteiger partial charge in [-0.15, -0.1) is 0 Å². The van der Waals surface area contributed by atoms with Crippen molar-refractivity contribution < 1.29 is 0 Å². The molecule has 12 heteroatoms. The first-order valence-corrected chi connectivity index (χ1v) is 53.7. The van der Waals surface area contributed by atoms with Gasteiger partial charge in [-0.1, -0.05) is 131 Å². The van der Waals surface area contributed by atoms with E-state index in [1.165, 1.54) is 0 Å². The summed E-state index contributed by atoms with van der Waals surface area (Å²) < 4.78 is 0. The van der Waals surface area contributed by atoms with Crippen molar-refractivity contribution in [3.05, 3.63) is 0 Å². The van der Waals surface area contributed by atoms with E-state index in [4.69, 9.17) is 22.2 Å². The second-order valence-corrected chi connectivity index (χ2v) is 135. The molecule has 0 spiro atoms. The van der Waals surface area contributed by atoms with E-state index < -0.39 is 70.7 Å². The third kappa shape index (κ3) is 4.71. The van der Waals surface area contributed by atoms with E-state index in [1.54, 1.807) is 0 Å². The highest BCUT2D eigenvalue weighted by Gasteiger charge is 2.71. The third-order valence-corrected chi connectivity index (χ3v) is 242. The monoisotopic (exact) mass is 650 g/mol. The predicted octanol–water partition coefficient (Wildman–Crippen LogP) is 9.25. The third-order valence-electron chi connectivity index (χ3n) is 13.9. The maximum atomic E-state index is 7.35. The van der Waals surface area contributed by atoms with E-state index in [-0.39, 0.29) is 0 Å². The lowest BCUT2D eigenvalue weighted by atomic mass is 11.9. The van der Waals surface area contributed by atoms with Crippen molar-refractivity contribution in [3.63, 3.8) is 0 Å². The molecule has 32 heavy (non-hydrogen) atoms. The fourth-order valence-corrected chi connectivity index (χ4v) is 322. The van der Waals surface area contributed by atoms with Crippen LogP contribution in [0.5, 0.6) is 0 Å². The number of halogens is 2. The van der Waals surface area contributed by atoms with E-state index in [2.05, 4.69) is 131 Å². The molecule has 0 aromatic rings. The highest BCUT2D eigenvalue weighted by molar-refractivity contribution is 8.08. The van der Waals surface area contributed by atoms with Crippen LogP contribution < -0.4 is 0 Å². The largest absolute Gasteiger partial charge is 0.171 e. The van der Waals surface area contributed by atoms with Crippen LogP contribution >= 0.6 is 22.2 Å². The Morgan fingerprint density at radius 3 is 0.406 bits per heavy atom. The van der Waals surface area contributed by atoms with Crippen molar-refractivity contribution in [1.82, 2.24) is 0 Å². The second kappa shape index (κ2) is 9.19. The van der Waals surface area contributed by atoms with Crippen molar-refractivity contribution in [2.45, 2.75) is 131 Å². The molecule has 0 fully saturated rings. The molecule has 0 heterocycles. The number of rotatable bonds is 9. The molecule has 0 atom stereocenters. The van der Waals surface area contributed by atoms with Gasteiger partial charge in [0.25, 0.3) is 0 Å². The summed E-state index contributed by atoms with van der Waals surface area (Å²) >= 11 is 14.7. The SMILES string of the molecule is C[Si](C)(Cl)[Si](C)(C)[Si](C)(C)[Si](C)(C)[Si](C)(C)[Si](C)(C)[Si](C)(C)[Si](C)(C)[Si](C)(C)[Si](C)(C)Cl. The molecule has 0 N–H and O–H groups in total. The maximum absolute atomic E-state index is 7.35. The van der Waals surface area contributed by atoms with Crippen LogP contribution in [0.4, 0.5) is 0 Å². The first-order chi connectivity index (χ1) is 13.2. The van der Waals surface area contributed by atoms with Gasteiger partial charge in [0.05, 0.1) is 14.2 Å². The Kier molecular flexibility index (Phi) is 9.98. The minimum absolute atomic E-state index is 1.42. The molecule has 0 saturated carbocycles. The van der Waals surface area contributed by atoms with Crippen molar-refractivity contribution >= 4 is 92.8 Å². The fraction of sp³-hybridized carbons (Fsp3) is 1.00. The molecule has 0 amide bonds. The van der Waals surface area contributed by atoms with E-state index >= 15 is 0 Å². The summed E-state index contributed by atoms with van der Waals surface area (Å²) in [6.07, 6.45) is 0. The van der Waals surface area contributed by atoms with Gasteiger partial charge in [0.15, 0.2) is 0 Å². The minimum Gasteiger partial charge on any atom is -0.171 e.